The second kappa shape index (κ2) is 5.97. The standard InChI is InChI=1S/C10H20O3/c1-4-5-8-13-10(2,3)7-6-9(11)12/h4-8H2,1-3H3,(H,11,12). The Morgan fingerprint density at radius 2 is 2.08 bits per heavy atom. The molecule has 0 saturated carbocycles. The molecule has 0 aliphatic rings. The third-order valence-electron chi connectivity index (χ3n) is 1.93. The number of ether oxygens (including phenoxy) is 1. The van der Waals surface area contributed by atoms with Gasteiger partial charge in [0, 0.05) is 13.0 Å². The molecule has 0 aromatic carbocycles. The zero-order chi connectivity index (χ0) is 10.3. The monoisotopic (exact) mass is 188 g/mol. The number of hydrogen-bond donors (Lipinski definition) is 1. The summed E-state index contributed by atoms with van der Waals surface area (Å²) in [5.74, 6) is -0.757. The number of aliphatic carboxylic acids is 1. The molecule has 0 atom stereocenters. The summed E-state index contributed by atoms with van der Waals surface area (Å²) < 4.78 is 5.56. The van der Waals surface area contributed by atoms with Gasteiger partial charge in [0.05, 0.1) is 5.60 Å². The summed E-state index contributed by atoms with van der Waals surface area (Å²) in [6.07, 6.45) is 2.90. The largest absolute Gasteiger partial charge is 0.481 e. The minimum Gasteiger partial charge on any atom is -0.481 e. The Labute approximate surface area is 80.1 Å². The molecule has 0 aromatic heterocycles. The average molecular weight is 188 g/mol. The molecule has 1 N–H and O–H groups in total. The van der Waals surface area contributed by atoms with Crippen molar-refractivity contribution >= 4 is 5.97 Å². The summed E-state index contributed by atoms with van der Waals surface area (Å²) in [5.41, 5.74) is -0.298. The van der Waals surface area contributed by atoms with Crippen LogP contribution in [0.4, 0.5) is 0 Å². The molecule has 13 heavy (non-hydrogen) atoms. The first-order chi connectivity index (χ1) is 5.98. The van der Waals surface area contributed by atoms with E-state index in [4.69, 9.17) is 9.84 Å². The van der Waals surface area contributed by atoms with Crippen molar-refractivity contribution < 1.29 is 14.6 Å². The Kier molecular flexibility index (Phi) is 5.71. The van der Waals surface area contributed by atoms with E-state index in [1.165, 1.54) is 0 Å². The van der Waals surface area contributed by atoms with Crippen molar-refractivity contribution in [1.82, 2.24) is 0 Å². The number of carboxylic acids is 1. The Morgan fingerprint density at radius 3 is 2.54 bits per heavy atom. The highest BCUT2D eigenvalue weighted by atomic mass is 16.5. The summed E-state index contributed by atoms with van der Waals surface area (Å²) in [6, 6.07) is 0. The van der Waals surface area contributed by atoms with Crippen LogP contribution in [0.2, 0.25) is 0 Å². The van der Waals surface area contributed by atoms with Crippen LogP contribution in [-0.4, -0.2) is 23.3 Å². The van der Waals surface area contributed by atoms with Crippen LogP contribution in [0, 0.1) is 0 Å². The van der Waals surface area contributed by atoms with Gasteiger partial charge in [-0.05, 0) is 26.7 Å². The lowest BCUT2D eigenvalue weighted by atomic mass is 10.0. The lowest BCUT2D eigenvalue weighted by Gasteiger charge is -2.24. The summed E-state index contributed by atoms with van der Waals surface area (Å²) in [4.78, 5) is 10.3. The van der Waals surface area contributed by atoms with Gasteiger partial charge in [-0.3, -0.25) is 4.79 Å². The van der Waals surface area contributed by atoms with E-state index in [1.807, 2.05) is 13.8 Å². The molecule has 0 unspecified atom stereocenters. The summed E-state index contributed by atoms with van der Waals surface area (Å²) in [5, 5.41) is 8.49. The van der Waals surface area contributed by atoms with Gasteiger partial charge in [-0.15, -0.1) is 0 Å². The fourth-order valence-electron chi connectivity index (χ4n) is 0.973. The maximum Gasteiger partial charge on any atom is 0.303 e. The van der Waals surface area contributed by atoms with E-state index in [-0.39, 0.29) is 12.0 Å². The first kappa shape index (κ1) is 12.4. The van der Waals surface area contributed by atoms with Gasteiger partial charge in [0.15, 0.2) is 0 Å². The van der Waals surface area contributed by atoms with Gasteiger partial charge in [-0.1, -0.05) is 13.3 Å². The van der Waals surface area contributed by atoms with Crippen LogP contribution >= 0.6 is 0 Å². The van der Waals surface area contributed by atoms with Crippen molar-refractivity contribution in [2.24, 2.45) is 0 Å². The number of unbranched alkanes of at least 4 members (excludes halogenated alkanes) is 1. The molecule has 0 aromatic rings. The van der Waals surface area contributed by atoms with Crippen LogP contribution in [0.3, 0.4) is 0 Å². The molecule has 78 valence electrons. The first-order valence-electron chi connectivity index (χ1n) is 4.83. The van der Waals surface area contributed by atoms with Crippen molar-refractivity contribution in [2.75, 3.05) is 6.61 Å². The molecule has 0 amide bonds. The Hall–Kier alpha value is -0.570. The van der Waals surface area contributed by atoms with Gasteiger partial charge in [0.1, 0.15) is 0 Å². The van der Waals surface area contributed by atoms with Crippen LogP contribution in [0.25, 0.3) is 0 Å². The van der Waals surface area contributed by atoms with Crippen LogP contribution in [-0.2, 0) is 9.53 Å². The molecule has 0 heterocycles. The van der Waals surface area contributed by atoms with E-state index in [0.717, 1.165) is 19.4 Å². The molecule has 0 spiro atoms. The topological polar surface area (TPSA) is 46.5 Å². The third-order valence-corrected chi connectivity index (χ3v) is 1.93. The minimum absolute atomic E-state index is 0.180. The van der Waals surface area contributed by atoms with Crippen molar-refractivity contribution in [3.8, 4) is 0 Å². The zero-order valence-electron chi connectivity index (χ0n) is 8.80. The highest BCUT2D eigenvalue weighted by Crippen LogP contribution is 2.16. The normalized spacial score (nSPS) is 11.6. The Morgan fingerprint density at radius 1 is 1.46 bits per heavy atom. The smallest absolute Gasteiger partial charge is 0.303 e. The molecule has 0 aliphatic carbocycles. The molecule has 0 fully saturated rings. The Bertz CT molecular complexity index is 152. The van der Waals surface area contributed by atoms with Gasteiger partial charge in [0.2, 0.25) is 0 Å². The first-order valence-corrected chi connectivity index (χ1v) is 4.83. The Balaban J connectivity index is 3.59. The maximum absolute atomic E-state index is 10.3. The van der Waals surface area contributed by atoms with E-state index >= 15 is 0 Å². The highest BCUT2D eigenvalue weighted by Gasteiger charge is 2.18. The maximum atomic E-state index is 10.3. The predicted octanol–water partition coefficient (Wildman–Crippen LogP) is 2.45. The molecule has 0 aliphatic heterocycles. The van der Waals surface area contributed by atoms with Gasteiger partial charge in [-0.25, -0.2) is 0 Å². The minimum atomic E-state index is -0.757. The predicted molar refractivity (Wildman–Crippen MR) is 51.8 cm³/mol. The fraction of sp³-hybridized carbons (Fsp3) is 0.900. The van der Waals surface area contributed by atoms with Crippen LogP contribution in [0.15, 0.2) is 0 Å². The summed E-state index contributed by atoms with van der Waals surface area (Å²) >= 11 is 0. The molecule has 3 heteroatoms. The fourth-order valence-corrected chi connectivity index (χ4v) is 0.973. The quantitative estimate of drug-likeness (QED) is 0.624. The van der Waals surface area contributed by atoms with Crippen LogP contribution in [0.5, 0.6) is 0 Å². The van der Waals surface area contributed by atoms with E-state index in [0.29, 0.717) is 6.42 Å². The lowest BCUT2D eigenvalue weighted by molar-refractivity contribution is -0.138. The molecule has 0 rings (SSSR count). The van der Waals surface area contributed by atoms with Crippen LogP contribution < -0.4 is 0 Å². The average Bonchev–Trinajstić information content (AvgIpc) is 2.02. The molecule has 3 nitrogen and oxygen atoms in total. The number of hydrogen-bond acceptors (Lipinski definition) is 2. The van der Waals surface area contributed by atoms with Gasteiger partial charge in [-0.2, -0.15) is 0 Å². The van der Waals surface area contributed by atoms with Crippen molar-refractivity contribution in [3.05, 3.63) is 0 Å². The van der Waals surface area contributed by atoms with E-state index in [9.17, 15) is 4.79 Å². The SMILES string of the molecule is CCCCOC(C)(C)CCC(=O)O. The van der Waals surface area contributed by atoms with Crippen molar-refractivity contribution in [3.63, 3.8) is 0 Å². The summed E-state index contributed by atoms with van der Waals surface area (Å²) in [6.45, 7) is 6.70. The van der Waals surface area contributed by atoms with E-state index in [1.54, 1.807) is 0 Å². The van der Waals surface area contributed by atoms with Crippen LogP contribution in [0.1, 0.15) is 46.5 Å². The molecule has 0 saturated heterocycles. The molecular formula is C10H20O3. The van der Waals surface area contributed by atoms with Gasteiger partial charge < -0.3 is 9.84 Å². The number of carboxylic acid groups (broad SMARTS) is 1. The molecule has 0 radical (unpaired) electrons. The summed E-state index contributed by atoms with van der Waals surface area (Å²) in [7, 11) is 0. The molecule has 0 bridgehead atoms. The third kappa shape index (κ3) is 7.78. The van der Waals surface area contributed by atoms with Crippen molar-refractivity contribution in [1.29, 1.82) is 0 Å². The second-order valence-electron chi connectivity index (χ2n) is 3.86. The zero-order valence-corrected chi connectivity index (χ0v) is 8.80. The van der Waals surface area contributed by atoms with Gasteiger partial charge >= 0.3 is 5.97 Å². The lowest BCUT2D eigenvalue weighted by Crippen LogP contribution is -2.25. The van der Waals surface area contributed by atoms with E-state index < -0.39 is 5.97 Å². The van der Waals surface area contributed by atoms with Gasteiger partial charge in [0.25, 0.3) is 0 Å². The molecular weight excluding hydrogens is 168 g/mol. The second-order valence-corrected chi connectivity index (χ2v) is 3.86. The number of carbonyl (C=O) groups is 1. The van der Waals surface area contributed by atoms with E-state index in [2.05, 4.69) is 6.92 Å². The highest BCUT2D eigenvalue weighted by molar-refractivity contribution is 5.66. The number of rotatable bonds is 7. The van der Waals surface area contributed by atoms with Crippen molar-refractivity contribution in [2.45, 2.75) is 52.1 Å².